The molecule has 0 amide bonds. The summed E-state index contributed by atoms with van der Waals surface area (Å²) in [5, 5.41) is 73.3. The summed E-state index contributed by atoms with van der Waals surface area (Å²) in [5.41, 5.74) is 0.803. The molecule has 4 rings (SSSR count). The first-order valence-corrected chi connectivity index (χ1v) is 16.2. The average Bonchev–Trinajstić information content (AvgIpc) is 3.44. The number of esters is 2. The Hall–Kier alpha value is -4.70. The Morgan fingerprint density at radius 2 is 1.26 bits per heavy atom. The number of methoxy groups -OCH3 is 5. The van der Waals surface area contributed by atoms with E-state index in [-0.39, 0.29) is 17.2 Å². The van der Waals surface area contributed by atoms with E-state index in [4.69, 9.17) is 47.4 Å². The molecule has 298 valence electrons. The third-order valence-electron chi connectivity index (χ3n) is 8.51. The number of phenolic OH excluding ortho intramolecular Hbond substituents is 1. The largest absolute Gasteiger partial charge is 0.502 e. The third-order valence-corrected chi connectivity index (χ3v) is 8.51. The van der Waals surface area contributed by atoms with Crippen LogP contribution in [0.25, 0.3) is 12.2 Å². The van der Waals surface area contributed by atoms with Gasteiger partial charge in [-0.1, -0.05) is 0 Å². The van der Waals surface area contributed by atoms with Crippen molar-refractivity contribution in [1.29, 1.82) is 0 Å². The molecular weight excluding hydrogens is 724 g/mol. The molecule has 19 nitrogen and oxygen atoms in total. The molecule has 54 heavy (non-hydrogen) atoms. The van der Waals surface area contributed by atoms with Gasteiger partial charge in [0.25, 0.3) is 0 Å². The number of carbonyl (C=O) groups excluding carboxylic acids is 2. The number of phenols is 1. The summed E-state index contributed by atoms with van der Waals surface area (Å²) < 4.78 is 53.6. The van der Waals surface area contributed by atoms with Crippen molar-refractivity contribution in [3.63, 3.8) is 0 Å². The van der Waals surface area contributed by atoms with E-state index in [2.05, 4.69) is 0 Å². The van der Waals surface area contributed by atoms with Crippen LogP contribution >= 0.6 is 0 Å². The van der Waals surface area contributed by atoms with Crippen molar-refractivity contribution in [2.45, 2.75) is 54.8 Å². The average molecular weight is 769 g/mol. The van der Waals surface area contributed by atoms with Gasteiger partial charge >= 0.3 is 11.9 Å². The highest BCUT2D eigenvalue weighted by atomic mass is 16.8. The van der Waals surface area contributed by atoms with Gasteiger partial charge in [0, 0.05) is 12.2 Å². The Labute approximate surface area is 309 Å². The fourth-order valence-electron chi connectivity index (χ4n) is 5.67. The highest BCUT2D eigenvalue weighted by molar-refractivity contribution is 5.88. The molecule has 19 heteroatoms. The van der Waals surface area contributed by atoms with Crippen LogP contribution in [0.3, 0.4) is 0 Å². The zero-order chi connectivity index (χ0) is 39.7. The molecule has 9 atom stereocenters. The zero-order valence-electron chi connectivity index (χ0n) is 29.9. The van der Waals surface area contributed by atoms with Crippen LogP contribution < -0.4 is 23.7 Å². The molecule has 2 aromatic rings. The summed E-state index contributed by atoms with van der Waals surface area (Å²) in [6.45, 7) is -2.65. The summed E-state index contributed by atoms with van der Waals surface area (Å²) in [5.74, 6) is -3.69. The second kappa shape index (κ2) is 18.6. The van der Waals surface area contributed by atoms with Crippen LogP contribution in [0.5, 0.6) is 34.5 Å². The maximum absolute atomic E-state index is 13.0. The van der Waals surface area contributed by atoms with E-state index >= 15 is 0 Å². The molecule has 2 saturated heterocycles. The van der Waals surface area contributed by atoms with Gasteiger partial charge in [-0.3, -0.25) is 0 Å². The molecule has 0 spiro atoms. The van der Waals surface area contributed by atoms with Crippen molar-refractivity contribution in [3.8, 4) is 34.5 Å². The second-order valence-corrected chi connectivity index (χ2v) is 11.8. The Bertz CT molecular complexity index is 1610. The minimum absolute atomic E-state index is 0.0773. The monoisotopic (exact) mass is 768 g/mol. The van der Waals surface area contributed by atoms with E-state index in [0.29, 0.717) is 28.4 Å². The summed E-state index contributed by atoms with van der Waals surface area (Å²) in [6, 6.07) is 5.92. The van der Waals surface area contributed by atoms with Crippen molar-refractivity contribution in [3.05, 3.63) is 47.5 Å². The molecule has 2 aromatic carbocycles. The van der Waals surface area contributed by atoms with Gasteiger partial charge in [-0.2, -0.15) is 0 Å². The maximum Gasteiger partial charge on any atom is 0.331 e. The van der Waals surface area contributed by atoms with Gasteiger partial charge in [0.2, 0.25) is 17.3 Å². The Morgan fingerprint density at radius 3 is 1.76 bits per heavy atom. The lowest BCUT2D eigenvalue weighted by Gasteiger charge is -2.43. The summed E-state index contributed by atoms with van der Waals surface area (Å²) in [7, 11) is 6.89. The fourth-order valence-corrected chi connectivity index (χ4v) is 5.67. The van der Waals surface area contributed by atoms with Crippen molar-refractivity contribution in [2.75, 3.05) is 55.4 Å². The highest BCUT2D eigenvalue weighted by Gasteiger charge is 2.60. The van der Waals surface area contributed by atoms with Crippen LogP contribution in [-0.2, 0) is 33.3 Å². The number of benzene rings is 2. The Kier molecular flexibility index (Phi) is 14.5. The molecule has 0 aromatic heterocycles. The van der Waals surface area contributed by atoms with Crippen LogP contribution in [0.1, 0.15) is 11.1 Å². The molecule has 7 N–H and O–H groups in total. The minimum atomic E-state index is -2.49. The van der Waals surface area contributed by atoms with Gasteiger partial charge < -0.3 is 83.1 Å². The quantitative estimate of drug-likeness (QED) is 0.0788. The second-order valence-electron chi connectivity index (χ2n) is 11.8. The predicted octanol–water partition coefficient (Wildman–Crippen LogP) is -1.12. The first-order chi connectivity index (χ1) is 25.8. The van der Waals surface area contributed by atoms with Crippen LogP contribution in [0.2, 0.25) is 0 Å². The predicted molar refractivity (Wildman–Crippen MR) is 182 cm³/mol. The van der Waals surface area contributed by atoms with Crippen LogP contribution in [-0.4, -0.2) is 158 Å². The lowest BCUT2D eigenvalue weighted by Crippen LogP contribution is -2.63. The Balaban J connectivity index is 1.49. The molecule has 0 bridgehead atoms. The molecule has 2 fully saturated rings. The van der Waals surface area contributed by atoms with E-state index in [1.807, 2.05) is 0 Å². The number of ether oxygens (including phenoxy) is 10. The molecule has 0 unspecified atom stereocenters. The van der Waals surface area contributed by atoms with Crippen molar-refractivity contribution >= 4 is 24.1 Å². The van der Waals surface area contributed by atoms with E-state index in [1.54, 1.807) is 0 Å². The first-order valence-electron chi connectivity index (χ1n) is 16.2. The lowest BCUT2D eigenvalue weighted by atomic mass is 9.98. The molecule has 2 heterocycles. The number of hydrogen-bond acceptors (Lipinski definition) is 19. The van der Waals surface area contributed by atoms with Crippen LogP contribution in [0.4, 0.5) is 0 Å². The molecule has 2 aliphatic heterocycles. The number of rotatable bonds is 16. The van der Waals surface area contributed by atoms with Gasteiger partial charge in [0.15, 0.2) is 35.4 Å². The first kappa shape index (κ1) is 42.0. The van der Waals surface area contributed by atoms with Crippen molar-refractivity contribution in [2.24, 2.45) is 0 Å². The number of hydrogen-bond donors (Lipinski definition) is 7. The van der Waals surface area contributed by atoms with E-state index in [9.17, 15) is 45.3 Å². The van der Waals surface area contributed by atoms with E-state index in [1.165, 1.54) is 72.0 Å². The molecule has 0 aliphatic carbocycles. The summed E-state index contributed by atoms with van der Waals surface area (Å²) in [6.07, 6.45) is -9.75. The van der Waals surface area contributed by atoms with Crippen LogP contribution in [0, 0.1) is 0 Å². The highest BCUT2D eigenvalue weighted by Crippen LogP contribution is 2.40. The van der Waals surface area contributed by atoms with Gasteiger partial charge in [0.1, 0.15) is 49.8 Å². The number of carbonyl (C=O) groups is 2. The molecule has 0 radical (unpaired) electrons. The maximum atomic E-state index is 13.0. The van der Waals surface area contributed by atoms with Gasteiger partial charge in [-0.15, -0.1) is 0 Å². The molecular formula is C35H44O19. The standard InChI is InChI=1S/C35H44O19/c1-45-19-10-17(11-20(46-2)27(19)40)6-8-25(38)50-15-24-28(41)30(43)31(44)34(51-24)54-35(16-37)33(29(42)23(14-36)53-35)52-26(39)9-7-18-12-21(47-3)32(49-5)22(13-18)48-4/h6-13,23-24,28-31,33-34,36-37,40-44H,14-16H2,1-5H3/b8-6+,9-7+/t23-,24-,28-,29+,30-,31-,33+,34-,35+/m1/s1. The van der Waals surface area contributed by atoms with Gasteiger partial charge in [0.05, 0.1) is 42.2 Å². The fraction of sp³-hybridized carbons (Fsp3) is 0.486. The molecule has 2 aliphatic rings. The van der Waals surface area contributed by atoms with Crippen LogP contribution in [0.15, 0.2) is 36.4 Å². The number of aliphatic hydroxyl groups is 6. The van der Waals surface area contributed by atoms with Crippen molar-refractivity contribution in [1.82, 2.24) is 0 Å². The third kappa shape index (κ3) is 9.14. The zero-order valence-corrected chi connectivity index (χ0v) is 29.9. The van der Waals surface area contributed by atoms with E-state index < -0.39 is 86.6 Å². The van der Waals surface area contributed by atoms with Gasteiger partial charge in [-0.25, -0.2) is 9.59 Å². The lowest BCUT2D eigenvalue weighted by molar-refractivity contribution is -0.383. The topological polar surface area (TPSA) is 268 Å². The number of aromatic hydroxyl groups is 1. The smallest absolute Gasteiger partial charge is 0.331 e. The Morgan fingerprint density at radius 1 is 0.722 bits per heavy atom. The minimum Gasteiger partial charge on any atom is -0.502 e. The van der Waals surface area contributed by atoms with Gasteiger partial charge in [-0.05, 0) is 47.5 Å². The summed E-state index contributed by atoms with van der Waals surface area (Å²) >= 11 is 0. The van der Waals surface area contributed by atoms with Crippen molar-refractivity contribution < 1.29 is 92.7 Å². The number of aliphatic hydroxyl groups excluding tert-OH is 6. The molecule has 0 saturated carbocycles. The normalized spacial score (nSPS) is 28.2. The van der Waals surface area contributed by atoms with E-state index in [0.717, 1.165) is 12.2 Å². The SMILES string of the molecule is COc1cc(/C=C/C(=O)OC[C@H]2O[C@H](O[C@]3(CO)O[C@H](CO)[C@H](O)[C@@H]3OC(=O)/C=C/c3cc(OC)c(OC)c(OC)c3)[C@H](O)[C@H](O)[C@@H]2O)cc(OC)c1O. The summed E-state index contributed by atoms with van der Waals surface area (Å²) in [4.78, 5) is 25.6.